The van der Waals surface area contributed by atoms with Gasteiger partial charge in [-0.25, -0.2) is 0 Å². The second-order valence-electron chi connectivity index (χ2n) is 6.60. The molecule has 3 aliphatic rings. The number of hydrogen-bond acceptors (Lipinski definition) is 1. The highest BCUT2D eigenvalue weighted by Crippen LogP contribution is 2.46. The van der Waals surface area contributed by atoms with E-state index in [4.69, 9.17) is 0 Å². The summed E-state index contributed by atoms with van der Waals surface area (Å²) in [4.78, 5) is 2.82. The lowest BCUT2D eigenvalue weighted by molar-refractivity contribution is -0.0588. The van der Waals surface area contributed by atoms with Gasteiger partial charge in [-0.3, -0.25) is 4.90 Å². The molecule has 18 heavy (non-hydrogen) atoms. The Morgan fingerprint density at radius 1 is 1.11 bits per heavy atom. The Morgan fingerprint density at radius 3 is 2.44 bits per heavy atom. The standard InChI is InChI=1S/C17H27N/c1-14-13-18(15(14)2)17(11-7-4-8-12-17)16-9-5-3-6-10-16/h5,9-10,14-15H,3-4,6-8,11-13H2,1-2H3. The Bertz CT molecular complexity index is 360. The zero-order chi connectivity index (χ0) is 12.6. The molecule has 2 fully saturated rings. The first-order chi connectivity index (χ1) is 8.74. The lowest BCUT2D eigenvalue weighted by atomic mass is 9.70. The van der Waals surface area contributed by atoms with Gasteiger partial charge >= 0.3 is 0 Å². The van der Waals surface area contributed by atoms with E-state index in [1.165, 1.54) is 51.5 Å². The Hall–Kier alpha value is -0.560. The van der Waals surface area contributed by atoms with E-state index in [1.54, 1.807) is 5.57 Å². The second kappa shape index (κ2) is 4.85. The molecule has 1 heteroatoms. The summed E-state index contributed by atoms with van der Waals surface area (Å²) in [5, 5.41) is 0. The van der Waals surface area contributed by atoms with Gasteiger partial charge in [-0.2, -0.15) is 0 Å². The van der Waals surface area contributed by atoms with Crippen LogP contribution in [0.2, 0.25) is 0 Å². The fourth-order valence-electron chi connectivity index (χ4n) is 4.20. The van der Waals surface area contributed by atoms with Crippen LogP contribution in [-0.4, -0.2) is 23.0 Å². The predicted molar refractivity (Wildman–Crippen MR) is 77.6 cm³/mol. The summed E-state index contributed by atoms with van der Waals surface area (Å²) < 4.78 is 0. The van der Waals surface area contributed by atoms with E-state index >= 15 is 0 Å². The average Bonchev–Trinajstić information content (AvgIpc) is 2.46. The van der Waals surface area contributed by atoms with Crippen LogP contribution in [0.3, 0.4) is 0 Å². The van der Waals surface area contributed by atoms with Gasteiger partial charge in [0.15, 0.2) is 0 Å². The molecule has 0 bridgehead atoms. The van der Waals surface area contributed by atoms with Crippen molar-refractivity contribution in [2.75, 3.05) is 6.54 Å². The molecule has 2 aliphatic carbocycles. The summed E-state index contributed by atoms with van der Waals surface area (Å²) in [6.07, 6.45) is 16.9. The van der Waals surface area contributed by atoms with Crippen molar-refractivity contribution in [2.24, 2.45) is 5.92 Å². The first-order valence-corrected chi connectivity index (χ1v) is 7.88. The van der Waals surface area contributed by atoms with Crippen LogP contribution in [0, 0.1) is 5.92 Å². The molecular weight excluding hydrogens is 218 g/mol. The maximum absolute atomic E-state index is 2.82. The Labute approximate surface area is 112 Å². The molecule has 1 nitrogen and oxygen atoms in total. The molecule has 2 atom stereocenters. The number of likely N-dealkylation sites (tertiary alicyclic amines) is 1. The highest BCUT2D eigenvalue weighted by atomic mass is 15.3. The van der Waals surface area contributed by atoms with Crippen molar-refractivity contribution in [3.63, 3.8) is 0 Å². The molecule has 1 saturated carbocycles. The fraction of sp³-hybridized carbons (Fsp3) is 0.765. The van der Waals surface area contributed by atoms with Crippen LogP contribution < -0.4 is 0 Å². The van der Waals surface area contributed by atoms with Gasteiger partial charge in [-0.15, -0.1) is 0 Å². The Morgan fingerprint density at radius 2 is 1.89 bits per heavy atom. The van der Waals surface area contributed by atoms with Gasteiger partial charge in [-0.05, 0) is 44.1 Å². The normalized spacial score (nSPS) is 36.0. The lowest BCUT2D eigenvalue weighted by Gasteiger charge is -2.58. The Balaban J connectivity index is 1.88. The minimum Gasteiger partial charge on any atom is -0.290 e. The summed E-state index contributed by atoms with van der Waals surface area (Å²) in [5.41, 5.74) is 2.05. The molecule has 2 unspecified atom stereocenters. The molecule has 0 amide bonds. The van der Waals surface area contributed by atoms with Crippen LogP contribution in [0.4, 0.5) is 0 Å². The van der Waals surface area contributed by atoms with Gasteiger partial charge in [0.25, 0.3) is 0 Å². The van der Waals surface area contributed by atoms with Crippen molar-refractivity contribution < 1.29 is 0 Å². The number of nitrogens with zero attached hydrogens (tertiary/aromatic N) is 1. The molecule has 1 aliphatic heterocycles. The van der Waals surface area contributed by atoms with Crippen molar-refractivity contribution in [3.05, 3.63) is 23.8 Å². The third kappa shape index (κ3) is 1.87. The summed E-state index contributed by atoms with van der Waals surface area (Å²) in [7, 11) is 0. The van der Waals surface area contributed by atoms with Crippen molar-refractivity contribution in [1.29, 1.82) is 0 Å². The van der Waals surface area contributed by atoms with Crippen molar-refractivity contribution in [1.82, 2.24) is 4.90 Å². The van der Waals surface area contributed by atoms with E-state index in [9.17, 15) is 0 Å². The predicted octanol–water partition coefficient (Wildman–Crippen LogP) is 4.31. The summed E-state index contributed by atoms with van der Waals surface area (Å²) >= 11 is 0. The molecule has 0 radical (unpaired) electrons. The zero-order valence-electron chi connectivity index (χ0n) is 12.0. The van der Waals surface area contributed by atoms with Gasteiger partial charge in [0, 0.05) is 18.1 Å². The summed E-state index contributed by atoms with van der Waals surface area (Å²) in [6, 6.07) is 0.777. The zero-order valence-corrected chi connectivity index (χ0v) is 12.0. The van der Waals surface area contributed by atoms with Crippen LogP contribution >= 0.6 is 0 Å². The van der Waals surface area contributed by atoms with E-state index in [-0.39, 0.29) is 0 Å². The van der Waals surface area contributed by atoms with Gasteiger partial charge in [0.2, 0.25) is 0 Å². The third-order valence-corrected chi connectivity index (χ3v) is 5.56. The first kappa shape index (κ1) is 12.5. The number of hydrogen-bond donors (Lipinski definition) is 0. The maximum atomic E-state index is 2.82. The fourth-order valence-corrected chi connectivity index (χ4v) is 4.20. The van der Waals surface area contributed by atoms with Gasteiger partial charge in [0.05, 0.1) is 0 Å². The summed E-state index contributed by atoms with van der Waals surface area (Å²) in [5.74, 6) is 0.886. The molecule has 0 aromatic rings. The van der Waals surface area contributed by atoms with E-state index in [2.05, 4.69) is 37.0 Å². The summed E-state index contributed by atoms with van der Waals surface area (Å²) in [6.45, 7) is 6.15. The van der Waals surface area contributed by atoms with Crippen molar-refractivity contribution in [3.8, 4) is 0 Å². The van der Waals surface area contributed by atoms with Gasteiger partial charge < -0.3 is 0 Å². The highest BCUT2D eigenvalue weighted by Gasteiger charge is 2.48. The molecule has 1 heterocycles. The van der Waals surface area contributed by atoms with E-state index in [0.717, 1.165) is 12.0 Å². The van der Waals surface area contributed by atoms with Crippen molar-refractivity contribution in [2.45, 2.75) is 70.4 Å². The topological polar surface area (TPSA) is 3.24 Å². The SMILES string of the molecule is CC1CN(C2(C3=CCCC=C3)CCCCC2)C1C. The smallest absolute Gasteiger partial charge is 0.0460 e. The van der Waals surface area contributed by atoms with Crippen molar-refractivity contribution >= 4 is 0 Å². The van der Waals surface area contributed by atoms with Gasteiger partial charge in [0.1, 0.15) is 0 Å². The molecule has 1 saturated heterocycles. The quantitative estimate of drug-likeness (QED) is 0.701. The number of allylic oxidation sites excluding steroid dienone is 2. The van der Waals surface area contributed by atoms with E-state index < -0.39 is 0 Å². The van der Waals surface area contributed by atoms with Crippen LogP contribution in [0.5, 0.6) is 0 Å². The Kier molecular flexibility index (Phi) is 3.36. The molecular formula is C17H27N. The van der Waals surface area contributed by atoms with Crippen LogP contribution in [0.1, 0.15) is 58.8 Å². The number of rotatable bonds is 2. The molecule has 0 aromatic carbocycles. The minimum atomic E-state index is 0.404. The molecule has 0 spiro atoms. The molecule has 0 N–H and O–H groups in total. The van der Waals surface area contributed by atoms with E-state index in [0.29, 0.717) is 5.54 Å². The first-order valence-electron chi connectivity index (χ1n) is 7.88. The average molecular weight is 245 g/mol. The van der Waals surface area contributed by atoms with Crippen LogP contribution in [0.25, 0.3) is 0 Å². The molecule has 100 valence electrons. The highest BCUT2D eigenvalue weighted by molar-refractivity contribution is 5.35. The third-order valence-electron chi connectivity index (χ3n) is 5.56. The molecule has 0 aromatic heterocycles. The second-order valence-corrected chi connectivity index (χ2v) is 6.60. The largest absolute Gasteiger partial charge is 0.290 e. The van der Waals surface area contributed by atoms with Crippen LogP contribution in [-0.2, 0) is 0 Å². The monoisotopic (exact) mass is 245 g/mol. The van der Waals surface area contributed by atoms with E-state index in [1.807, 2.05) is 0 Å². The molecule has 3 rings (SSSR count). The maximum Gasteiger partial charge on any atom is 0.0460 e. The van der Waals surface area contributed by atoms with Crippen LogP contribution in [0.15, 0.2) is 23.8 Å². The van der Waals surface area contributed by atoms with Gasteiger partial charge in [-0.1, -0.05) is 44.4 Å². The lowest BCUT2D eigenvalue weighted by Crippen LogP contribution is -2.65. The minimum absolute atomic E-state index is 0.404.